The van der Waals surface area contributed by atoms with Crippen LogP contribution in [-0.2, 0) is 61.7 Å². The summed E-state index contributed by atoms with van der Waals surface area (Å²) in [5, 5.41) is 11.4. The fourth-order valence-corrected chi connectivity index (χ4v) is 14.0. The molecule has 14 nitrogen and oxygen atoms in total. The van der Waals surface area contributed by atoms with E-state index in [0.29, 0.717) is 63.4 Å². The van der Waals surface area contributed by atoms with Gasteiger partial charge in [0, 0.05) is 57.4 Å². The third-order valence-electron chi connectivity index (χ3n) is 17.8. The average Bonchev–Trinajstić information content (AvgIpc) is 3.43. The minimum Gasteiger partial charge on any atom is -0.456 e. The number of aliphatic hydroxyl groups excluding tert-OH is 1. The van der Waals surface area contributed by atoms with Gasteiger partial charge in [0.2, 0.25) is 0 Å². The lowest BCUT2D eigenvalue weighted by molar-refractivity contribution is -0.356. The van der Waals surface area contributed by atoms with E-state index in [-0.39, 0.29) is 110 Å². The summed E-state index contributed by atoms with van der Waals surface area (Å²) in [5.74, 6) is -0.146. The van der Waals surface area contributed by atoms with Crippen LogP contribution in [0.25, 0.3) is 0 Å². The van der Waals surface area contributed by atoms with Gasteiger partial charge in [-0.3, -0.25) is 4.79 Å². The topological polar surface area (TPSA) is 156 Å². The minimum absolute atomic E-state index is 0.116. The molecule has 23 atom stereocenters. The Morgan fingerprint density at radius 2 is 1.50 bits per heavy atom. The molecule has 11 heterocycles. The van der Waals surface area contributed by atoms with Crippen molar-refractivity contribution in [2.24, 2.45) is 5.92 Å². The van der Waals surface area contributed by atoms with E-state index in [4.69, 9.17) is 52.1 Å². The van der Waals surface area contributed by atoms with E-state index in [1.807, 2.05) is 13.8 Å². The fourth-order valence-electron chi connectivity index (χ4n) is 14.0. The molecule has 0 spiro atoms. The first kappa shape index (κ1) is 44.4. The molecule has 11 rings (SSSR count). The van der Waals surface area contributed by atoms with Crippen LogP contribution in [0, 0.1) is 5.92 Å². The molecule has 64 heavy (non-hydrogen) atoms. The van der Waals surface area contributed by atoms with Gasteiger partial charge in [0.15, 0.2) is 0 Å². The highest BCUT2D eigenvalue weighted by atomic mass is 16.7. The monoisotopic (exact) mass is 894 g/mol. The quantitative estimate of drug-likeness (QED) is 0.165. The average molecular weight is 895 g/mol. The Bertz CT molecular complexity index is 1940. The number of carbonyl (C=O) groups excluding carboxylic acids is 2. The summed E-state index contributed by atoms with van der Waals surface area (Å²) in [4.78, 5) is 23.6. The molecule has 0 radical (unpaired) electrons. The van der Waals surface area contributed by atoms with Gasteiger partial charge in [-0.05, 0) is 84.3 Å². The minimum atomic E-state index is -0.911. The lowest BCUT2D eigenvalue weighted by Crippen LogP contribution is -2.70. The Kier molecular flexibility index (Phi) is 10.9. The first-order chi connectivity index (χ1) is 30.4. The van der Waals surface area contributed by atoms with Gasteiger partial charge >= 0.3 is 5.97 Å². The summed E-state index contributed by atoms with van der Waals surface area (Å²) in [6, 6.07) is 0. The lowest BCUT2D eigenvalue weighted by Gasteiger charge is -2.60. The van der Waals surface area contributed by atoms with E-state index in [1.165, 1.54) is 0 Å². The Hall–Kier alpha value is -2.08. The number of hydrogen-bond acceptors (Lipinski definition) is 14. The number of carbonyl (C=O) groups is 2. The van der Waals surface area contributed by atoms with Gasteiger partial charge in [-0.25, -0.2) is 4.79 Å². The molecule has 9 fully saturated rings. The van der Waals surface area contributed by atoms with E-state index >= 15 is 0 Å². The highest BCUT2D eigenvalue weighted by Gasteiger charge is 2.64. The van der Waals surface area contributed by atoms with E-state index in [9.17, 15) is 14.7 Å². The highest BCUT2D eigenvalue weighted by molar-refractivity contribution is 5.84. The van der Waals surface area contributed by atoms with Crippen molar-refractivity contribution in [3.8, 4) is 0 Å². The summed E-state index contributed by atoms with van der Waals surface area (Å²) in [5.41, 5.74) is -1.96. The van der Waals surface area contributed by atoms with E-state index in [0.717, 1.165) is 31.1 Å². The van der Waals surface area contributed by atoms with Crippen LogP contribution < -0.4 is 0 Å². The maximum atomic E-state index is 12.3. The Balaban J connectivity index is 0.776. The molecule has 0 aromatic carbocycles. The van der Waals surface area contributed by atoms with E-state index < -0.39 is 34.1 Å². The first-order valence-electron chi connectivity index (χ1n) is 24.4. The van der Waals surface area contributed by atoms with Crippen LogP contribution in [-0.4, -0.2) is 149 Å². The molecule has 0 unspecified atom stereocenters. The van der Waals surface area contributed by atoms with Gasteiger partial charge < -0.3 is 57.2 Å². The van der Waals surface area contributed by atoms with Crippen molar-refractivity contribution in [3.63, 3.8) is 0 Å². The van der Waals surface area contributed by atoms with Crippen molar-refractivity contribution >= 4 is 12.3 Å². The van der Waals surface area contributed by atoms with Crippen LogP contribution in [0.3, 0.4) is 0 Å². The van der Waals surface area contributed by atoms with E-state index in [2.05, 4.69) is 53.3 Å². The molecule has 11 aliphatic heterocycles. The molecule has 9 saturated heterocycles. The SMILES string of the molecule is C=C(C=O)C[C@H]1C[C@H](O)[C@]2(C)O[C@H]3C[C@@H]4O[C@H]5C[C@]6(C)O[C@]7(C)CC[C@H]8O[C@H]9C[C@]%10(C)O[C@H]%11C(C)=CC(=O)O[C@H]%11C[C@@H]%10O[C@@H]9C[C@@H](C)[C@@H]8O[C@@H]7C[C@@H]6O[C@@]5(C)CC=C[C@@H]4O[C@@H]3C[C@@H]2O1. The first-order valence-corrected chi connectivity index (χ1v) is 24.4. The van der Waals surface area contributed by atoms with Gasteiger partial charge in [-0.15, -0.1) is 0 Å². The normalized spacial score (nSPS) is 56.4. The zero-order chi connectivity index (χ0) is 44.7. The number of ether oxygens (including phenoxy) is 11. The maximum absolute atomic E-state index is 12.3. The number of fused-ring (bicyclic) bond motifs is 10. The highest BCUT2D eigenvalue weighted by Crippen LogP contribution is 2.55. The second-order valence-corrected chi connectivity index (χ2v) is 22.7. The molecule has 14 heteroatoms. The van der Waals surface area contributed by atoms with Crippen molar-refractivity contribution in [2.75, 3.05) is 0 Å². The molecule has 11 aliphatic rings. The second kappa shape index (κ2) is 15.7. The second-order valence-electron chi connectivity index (χ2n) is 22.7. The molecule has 354 valence electrons. The number of aldehydes is 1. The lowest BCUT2D eigenvalue weighted by atomic mass is 9.72. The summed E-state index contributed by atoms with van der Waals surface area (Å²) in [7, 11) is 0. The summed E-state index contributed by atoms with van der Waals surface area (Å²) < 4.78 is 75.6. The number of hydrogen-bond donors (Lipinski definition) is 1. The van der Waals surface area contributed by atoms with Crippen LogP contribution in [0.1, 0.15) is 126 Å². The molecule has 0 aliphatic carbocycles. The van der Waals surface area contributed by atoms with Crippen LogP contribution >= 0.6 is 0 Å². The summed E-state index contributed by atoms with van der Waals surface area (Å²) >= 11 is 0. The zero-order valence-electron chi connectivity index (χ0n) is 38.6. The Morgan fingerprint density at radius 1 is 0.734 bits per heavy atom. The van der Waals surface area contributed by atoms with Crippen molar-refractivity contribution in [1.82, 2.24) is 0 Å². The third-order valence-corrected chi connectivity index (χ3v) is 17.8. The van der Waals surface area contributed by atoms with Crippen molar-refractivity contribution in [3.05, 3.63) is 36.0 Å². The van der Waals surface area contributed by atoms with E-state index in [1.54, 1.807) is 6.08 Å². The van der Waals surface area contributed by atoms with Crippen molar-refractivity contribution in [2.45, 2.75) is 257 Å². The van der Waals surface area contributed by atoms with Gasteiger partial charge in [0.25, 0.3) is 0 Å². The predicted octanol–water partition coefficient (Wildman–Crippen LogP) is 5.47. The molecule has 0 saturated carbocycles. The van der Waals surface area contributed by atoms with Crippen LogP contribution in [0.4, 0.5) is 0 Å². The largest absolute Gasteiger partial charge is 0.456 e. The molecule has 0 amide bonds. The van der Waals surface area contributed by atoms with Crippen LogP contribution in [0.2, 0.25) is 0 Å². The Labute approximate surface area is 377 Å². The molecule has 1 N–H and O–H groups in total. The number of esters is 1. The van der Waals surface area contributed by atoms with Crippen molar-refractivity contribution in [1.29, 1.82) is 0 Å². The zero-order valence-corrected chi connectivity index (χ0v) is 38.6. The molecular formula is C50H70O14. The van der Waals surface area contributed by atoms with Gasteiger partial charge in [0.1, 0.15) is 30.2 Å². The predicted molar refractivity (Wildman–Crippen MR) is 228 cm³/mol. The van der Waals surface area contributed by atoms with Crippen LogP contribution in [0.15, 0.2) is 36.0 Å². The van der Waals surface area contributed by atoms with Crippen molar-refractivity contribution < 1.29 is 66.8 Å². The molecular weight excluding hydrogens is 825 g/mol. The smallest absolute Gasteiger partial charge is 0.331 e. The summed E-state index contributed by atoms with van der Waals surface area (Å²) in [6.45, 7) is 18.7. The number of rotatable bonds is 3. The van der Waals surface area contributed by atoms with Crippen LogP contribution in [0.5, 0.6) is 0 Å². The van der Waals surface area contributed by atoms with Gasteiger partial charge in [-0.2, -0.15) is 0 Å². The Morgan fingerprint density at radius 3 is 2.31 bits per heavy atom. The molecule has 0 bridgehead atoms. The fraction of sp³-hybridized carbons (Fsp3) is 0.840. The third kappa shape index (κ3) is 7.38. The number of aliphatic hydroxyl groups is 1. The summed E-state index contributed by atoms with van der Waals surface area (Å²) in [6.07, 6.45) is 9.57. The standard InChI is InChI=1S/C50H70O14/c1-25(24-51)14-28-17-37(52)50(8)41(54-28)19-33-34(61-50)18-32-29(55-33)10-9-12-46(4)42(58-32)23-49(7)40(62-46)21-39-47(5,64-49)13-11-30-44(60-39)26(2)15-31-36(56-30)22-48(6)38(57-31)20-35-45(63-48)27(3)16-43(53)59-35/h9-10,16,24,26,28-42,44-45,52H,1,11-15,17-23H2,2-8H3/t26-,28+,29+,30-,31-,32+,33-,34+,35+,36+,37+,38+,39-,40+,41+,42+,44+,45+,46+,47-,48+,49+,50+/m1/s1. The van der Waals surface area contributed by atoms with Gasteiger partial charge in [-0.1, -0.05) is 25.7 Å². The maximum Gasteiger partial charge on any atom is 0.331 e. The van der Waals surface area contributed by atoms with Gasteiger partial charge in [0.05, 0.1) is 108 Å². The molecule has 0 aromatic heterocycles. The molecule has 0 aromatic rings.